The number of carbonyl (C=O) groups excluding carboxylic acids is 1. The molecule has 1 aromatic carbocycles. The molecule has 6 nitrogen and oxygen atoms in total. The monoisotopic (exact) mass is 316 g/mol. The van der Waals surface area contributed by atoms with Gasteiger partial charge < -0.3 is 19.2 Å². The van der Waals surface area contributed by atoms with Crippen LogP contribution >= 0.6 is 0 Å². The van der Waals surface area contributed by atoms with E-state index in [9.17, 15) is 4.79 Å². The second kappa shape index (κ2) is 5.62. The van der Waals surface area contributed by atoms with E-state index in [0.717, 1.165) is 36.9 Å². The Morgan fingerprint density at radius 2 is 2.00 bits per heavy atom. The number of nitrogens with one attached hydrogen (secondary N) is 1. The van der Waals surface area contributed by atoms with Crippen LogP contribution in [0.3, 0.4) is 0 Å². The molecule has 2 aromatic rings. The number of hydrogen-bond donors (Lipinski definition) is 1. The van der Waals surface area contributed by atoms with Gasteiger partial charge in [0.1, 0.15) is 5.52 Å². The number of aryl methyl sites for hydroxylation is 1. The lowest BCUT2D eigenvalue weighted by Crippen LogP contribution is -2.38. The van der Waals surface area contributed by atoms with Gasteiger partial charge in [-0.1, -0.05) is 0 Å². The molecule has 1 aliphatic carbocycles. The van der Waals surface area contributed by atoms with Gasteiger partial charge in [0, 0.05) is 37.4 Å². The van der Waals surface area contributed by atoms with Gasteiger partial charge in [0.25, 0.3) is 0 Å². The summed E-state index contributed by atoms with van der Waals surface area (Å²) in [5.74, 6) is 0.249. The van der Waals surface area contributed by atoms with Crippen LogP contribution in [-0.2, 0) is 14.3 Å². The first-order valence-electron chi connectivity index (χ1n) is 8.10. The Kier molecular flexibility index (Phi) is 3.58. The van der Waals surface area contributed by atoms with Crippen LogP contribution in [0.4, 0.5) is 5.69 Å². The van der Waals surface area contributed by atoms with Crippen molar-refractivity contribution in [1.82, 2.24) is 4.98 Å². The van der Waals surface area contributed by atoms with Crippen molar-refractivity contribution < 1.29 is 18.7 Å². The zero-order chi connectivity index (χ0) is 15.9. The van der Waals surface area contributed by atoms with Gasteiger partial charge in [0.05, 0.1) is 13.2 Å². The Bertz CT molecular complexity index is 723. The third-order valence-electron chi connectivity index (χ3n) is 4.69. The topological polar surface area (TPSA) is 73.6 Å². The number of aromatic nitrogens is 1. The Balaban J connectivity index is 1.41. The number of nitrogens with zero attached hydrogens (tertiary/aromatic N) is 1. The van der Waals surface area contributed by atoms with E-state index >= 15 is 0 Å². The minimum atomic E-state index is -0.424. The maximum atomic E-state index is 12.5. The van der Waals surface area contributed by atoms with Crippen molar-refractivity contribution in [3.63, 3.8) is 0 Å². The minimum Gasteiger partial charge on any atom is -0.441 e. The molecule has 1 amide bonds. The summed E-state index contributed by atoms with van der Waals surface area (Å²) < 4.78 is 16.9. The molecule has 0 atom stereocenters. The first kappa shape index (κ1) is 14.7. The van der Waals surface area contributed by atoms with E-state index in [0.29, 0.717) is 24.7 Å². The number of fused-ring (bicyclic) bond motifs is 1. The minimum absolute atomic E-state index is 0.000541. The van der Waals surface area contributed by atoms with Crippen molar-refractivity contribution in [2.45, 2.75) is 38.4 Å². The summed E-state index contributed by atoms with van der Waals surface area (Å²) in [7, 11) is 0. The molecule has 1 aliphatic heterocycles. The lowest BCUT2D eigenvalue weighted by molar-refractivity contribution is -0.182. The molecule has 1 aromatic heterocycles. The molecule has 6 heteroatoms. The van der Waals surface area contributed by atoms with Crippen LogP contribution in [0.5, 0.6) is 0 Å². The quantitative estimate of drug-likeness (QED) is 0.922. The Hall–Kier alpha value is -1.92. The van der Waals surface area contributed by atoms with Crippen molar-refractivity contribution in [2.24, 2.45) is 5.92 Å². The van der Waals surface area contributed by atoms with Crippen molar-refractivity contribution in [3.8, 4) is 0 Å². The molecular formula is C17H20N2O4. The number of benzene rings is 1. The molecule has 0 unspecified atom stereocenters. The zero-order valence-corrected chi connectivity index (χ0v) is 13.1. The Morgan fingerprint density at radius 3 is 2.74 bits per heavy atom. The fourth-order valence-corrected chi connectivity index (χ4v) is 3.47. The summed E-state index contributed by atoms with van der Waals surface area (Å²) in [6, 6.07) is 5.54. The SMILES string of the molecule is Cc1nc2ccc(NC(=O)C3CCC4(CC3)OCCO4)cc2o1. The van der Waals surface area contributed by atoms with Gasteiger partial charge in [-0.3, -0.25) is 4.79 Å². The predicted octanol–water partition coefficient (Wildman–Crippen LogP) is 3.01. The van der Waals surface area contributed by atoms with Crippen LogP contribution in [0, 0.1) is 12.8 Å². The number of hydrogen-bond acceptors (Lipinski definition) is 5. The summed E-state index contributed by atoms with van der Waals surface area (Å²) in [6.45, 7) is 3.13. The normalized spacial score (nSPS) is 21.1. The summed E-state index contributed by atoms with van der Waals surface area (Å²) in [6.07, 6.45) is 3.14. The number of ether oxygens (including phenoxy) is 2. The van der Waals surface area contributed by atoms with Crippen LogP contribution in [0.2, 0.25) is 0 Å². The van der Waals surface area contributed by atoms with Crippen LogP contribution < -0.4 is 5.32 Å². The van der Waals surface area contributed by atoms with Crippen LogP contribution in [0.25, 0.3) is 11.1 Å². The number of carbonyl (C=O) groups is 1. The molecule has 2 fully saturated rings. The fourth-order valence-electron chi connectivity index (χ4n) is 3.47. The molecule has 0 radical (unpaired) electrons. The molecular weight excluding hydrogens is 296 g/mol. The molecule has 1 spiro atoms. The molecule has 122 valence electrons. The van der Waals surface area contributed by atoms with Crippen molar-refractivity contribution in [2.75, 3.05) is 18.5 Å². The van der Waals surface area contributed by atoms with Gasteiger partial charge >= 0.3 is 0 Å². The zero-order valence-electron chi connectivity index (χ0n) is 13.1. The highest BCUT2D eigenvalue weighted by Gasteiger charge is 2.41. The van der Waals surface area contributed by atoms with Crippen molar-refractivity contribution >= 4 is 22.7 Å². The fraction of sp³-hybridized carbons (Fsp3) is 0.529. The predicted molar refractivity (Wildman–Crippen MR) is 84.0 cm³/mol. The average molecular weight is 316 g/mol. The third-order valence-corrected chi connectivity index (χ3v) is 4.69. The van der Waals surface area contributed by atoms with E-state index in [2.05, 4.69) is 10.3 Å². The van der Waals surface area contributed by atoms with Gasteiger partial charge in [0.2, 0.25) is 5.91 Å². The van der Waals surface area contributed by atoms with Crippen LogP contribution in [0.15, 0.2) is 22.6 Å². The van der Waals surface area contributed by atoms with Crippen molar-refractivity contribution in [1.29, 1.82) is 0 Å². The highest BCUT2D eigenvalue weighted by atomic mass is 16.7. The van der Waals surface area contributed by atoms with Crippen LogP contribution in [0.1, 0.15) is 31.6 Å². The first-order valence-corrected chi connectivity index (χ1v) is 8.10. The lowest BCUT2D eigenvalue weighted by atomic mass is 9.84. The van der Waals surface area contributed by atoms with Gasteiger partial charge in [-0.2, -0.15) is 0 Å². The lowest BCUT2D eigenvalue weighted by Gasteiger charge is -2.34. The number of amides is 1. The highest BCUT2D eigenvalue weighted by Crippen LogP contribution is 2.38. The summed E-state index contributed by atoms with van der Waals surface area (Å²) in [5, 5.41) is 2.98. The molecule has 1 saturated carbocycles. The molecule has 2 heterocycles. The van der Waals surface area contributed by atoms with Gasteiger partial charge in [-0.15, -0.1) is 0 Å². The second-order valence-corrected chi connectivity index (χ2v) is 6.29. The molecule has 1 saturated heterocycles. The second-order valence-electron chi connectivity index (χ2n) is 6.29. The van der Waals surface area contributed by atoms with Crippen molar-refractivity contribution in [3.05, 3.63) is 24.1 Å². The number of anilines is 1. The standard InChI is InChI=1S/C17H20N2O4/c1-11-18-14-3-2-13(10-15(14)23-11)19-16(20)12-4-6-17(7-5-12)21-8-9-22-17/h2-3,10,12H,4-9H2,1H3,(H,19,20). The molecule has 23 heavy (non-hydrogen) atoms. The van der Waals surface area contributed by atoms with E-state index in [1.165, 1.54) is 0 Å². The average Bonchev–Trinajstić information content (AvgIpc) is 3.13. The Morgan fingerprint density at radius 1 is 1.26 bits per heavy atom. The van der Waals surface area contributed by atoms with Gasteiger partial charge in [0.15, 0.2) is 17.3 Å². The Labute approximate surface area is 134 Å². The first-order chi connectivity index (χ1) is 11.1. The maximum Gasteiger partial charge on any atom is 0.227 e. The third kappa shape index (κ3) is 2.84. The van der Waals surface area contributed by atoms with Gasteiger partial charge in [-0.05, 0) is 25.0 Å². The van der Waals surface area contributed by atoms with Gasteiger partial charge in [-0.25, -0.2) is 4.98 Å². The largest absolute Gasteiger partial charge is 0.441 e. The van der Waals surface area contributed by atoms with E-state index in [4.69, 9.17) is 13.9 Å². The molecule has 2 aliphatic rings. The smallest absolute Gasteiger partial charge is 0.227 e. The van der Waals surface area contributed by atoms with E-state index in [1.807, 2.05) is 25.1 Å². The van der Waals surface area contributed by atoms with E-state index < -0.39 is 5.79 Å². The highest BCUT2D eigenvalue weighted by molar-refractivity contribution is 5.94. The van der Waals surface area contributed by atoms with E-state index in [1.54, 1.807) is 0 Å². The summed E-state index contributed by atoms with van der Waals surface area (Å²) in [4.78, 5) is 16.7. The number of rotatable bonds is 2. The summed E-state index contributed by atoms with van der Waals surface area (Å²) in [5.41, 5.74) is 2.23. The van der Waals surface area contributed by atoms with E-state index in [-0.39, 0.29) is 11.8 Å². The molecule has 1 N–H and O–H groups in total. The number of oxazole rings is 1. The summed E-state index contributed by atoms with van der Waals surface area (Å²) >= 11 is 0. The maximum absolute atomic E-state index is 12.5. The molecule has 0 bridgehead atoms. The molecule has 4 rings (SSSR count). The van der Waals surface area contributed by atoms with Crippen LogP contribution in [-0.4, -0.2) is 29.9 Å².